The van der Waals surface area contributed by atoms with Crippen molar-refractivity contribution < 1.29 is 0 Å². The summed E-state index contributed by atoms with van der Waals surface area (Å²) in [6.45, 7) is 1.77. The minimum atomic E-state index is 0.572. The predicted molar refractivity (Wildman–Crippen MR) is 82.1 cm³/mol. The van der Waals surface area contributed by atoms with Gasteiger partial charge in [-0.05, 0) is 55.7 Å². The zero-order valence-electron chi connectivity index (χ0n) is 10.8. The Morgan fingerprint density at radius 1 is 1.05 bits per heavy atom. The van der Waals surface area contributed by atoms with Crippen molar-refractivity contribution in [2.75, 3.05) is 6.54 Å². The van der Waals surface area contributed by atoms with E-state index >= 15 is 0 Å². The van der Waals surface area contributed by atoms with Gasteiger partial charge in [-0.1, -0.05) is 41.2 Å². The lowest BCUT2D eigenvalue weighted by Gasteiger charge is -2.22. The van der Waals surface area contributed by atoms with Gasteiger partial charge in [-0.15, -0.1) is 0 Å². The number of hydrogen-bond donors (Lipinski definition) is 1. The van der Waals surface area contributed by atoms with Gasteiger partial charge in [0.25, 0.3) is 0 Å². The minimum Gasteiger partial charge on any atom is -0.312 e. The fourth-order valence-corrected chi connectivity index (χ4v) is 4.42. The number of nitrogens with one attached hydrogen (secondary N) is 1. The smallest absolute Gasteiger partial charge is 0.0652 e. The van der Waals surface area contributed by atoms with E-state index in [1.54, 1.807) is 6.07 Å². The molecule has 1 nitrogen and oxygen atoms in total. The van der Waals surface area contributed by atoms with E-state index in [1.165, 1.54) is 25.7 Å². The first-order chi connectivity index (χ1) is 9.15. The van der Waals surface area contributed by atoms with E-state index in [2.05, 4.69) is 5.32 Å². The van der Waals surface area contributed by atoms with Crippen LogP contribution in [-0.2, 0) is 6.54 Å². The van der Waals surface area contributed by atoms with Crippen LogP contribution in [0.2, 0.25) is 15.1 Å². The van der Waals surface area contributed by atoms with E-state index in [0.717, 1.165) is 29.9 Å². The van der Waals surface area contributed by atoms with E-state index in [0.29, 0.717) is 21.6 Å². The number of halogens is 3. The van der Waals surface area contributed by atoms with Crippen molar-refractivity contribution in [1.29, 1.82) is 0 Å². The van der Waals surface area contributed by atoms with Gasteiger partial charge in [-0.3, -0.25) is 0 Å². The highest BCUT2D eigenvalue weighted by Gasteiger charge is 2.38. The van der Waals surface area contributed by atoms with Crippen LogP contribution in [-0.4, -0.2) is 6.54 Å². The molecule has 0 heterocycles. The predicted octanol–water partition coefficient (Wildman–Crippen LogP) is 5.17. The van der Waals surface area contributed by atoms with Crippen LogP contribution in [0.3, 0.4) is 0 Å². The van der Waals surface area contributed by atoms with E-state index in [1.807, 2.05) is 6.07 Å². The van der Waals surface area contributed by atoms with E-state index < -0.39 is 0 Å². The molecule has 1 aromatic rings. The fraction of sp³-hybridized carbons (Fsp3) is 0.600. The molecule has 3 atom stereocenters. The number of fused-ring (bicyclic) bond motifs is 2. The standard InChI is InChI=1S/C15H18Cl3N/c16-13-3-4-14(17)15(18)12(13)8-19-7-11-6-9-1-2-10(11)5-9/h3-4,9-11,19H,1-2,5-8H2. The topological polar surface area (TPSA) is 12.0 Å². The van der Waals surface area contributed by atoms with Crippen molar-refractivity contribution in [3.8, 4) is 0 Å². The molecule has 1 N–H and O–H groups in total. The Morgan fingerprint density at radius 3 is 2.53 bits per heavy atom. The summed E-state index contributed by atoms with van der Waals surface area (Å²) in [6.07, 6.45) is 5.72. The maximum Gasteiger partial charge on any atom is 0.0652 e. The molecule has 19 heavy (non-hydrogen) atoms. The Bertz CT molecular complexity index is 475. The molecule has 3 unspecified atom stereocenters. The minimum absolute atomic E-state index is 0.572. The third-order valence-corrected chi connectivity index (χ3v) is 5.93. The molecule has 3 rings (SSSR count). The van der Waals surface area contributed by atoms with Gasteiger partial charge in [0.15, 0.2) is 0 Å². The molecule has 2 aliphatic carbocycles. The Balaban J connectivity index is 1.57. The maximum atomic E-state index is 6.20. The fourth-order valence-electron chi connectivity index (χ4n) is 3.74. The van der Waals surface area contributed by atoms with Gasteiger partial charge in [-0.2, -0.15) is 0 Å². The second-order valence-electron chi connectivity index (χ2n) is 5.89. The second kappa shape index (κ2) is 5.81. The summed E-state index contributed by atoms with van der Waals surface area (Å²) in [5.41, 5.74) is 0.916. The average molecular weight is 319 g/mol. The zero-order chi connectivity index (χ0) is 13.4. The van der Waals surface area contributed by atoms with Crippen molar-refractivity contribution in [2.45, 2.75) is 32.2 Å². The molecular formula is C15H18Cl3N. The third kappa shape index (κ3) is 2.90. The lowest BCUT2D eigenvalue weighted by molar-refractivity contribution is 0.318. The Labute approximate surface area is 129 Å². The quantitative estimate of drug-likeness (QED) is 0.755. The molecule has 2 aliphatic rings. The molecule has 1 aromatic carbocycles. The first-order valence-electron chi connectivity index (χ1n) is 6.98. The van der Waals surface area contributed by atoms with Gasteiger partial charge < -0.3 is 5.32 Å². The number of rotatable bonds is 4. The van der Waals surface area contributed by atoms with Crippen LogP contribution in [0, 0.1) is 17.8 Å². The third-order valence-electron chi connectivity index (χ3n) is 4.73. The van der Waals surface area contributed by atoms with Crippen molar-refractivity contribution in [1.82, 2.24) is 5.32 Å². The largest absolute Gasteiger partial charge is 0.312 e. The van der Waals surface area contributed by atoms with Crippen molar-refractivity contribution >= 4 is 34.8 Å². The van der Waals surface area contributed by atoms with Crippen LogP contribution >= 0.6 is 34.8 Å². The lowest BCUT2D eigenvalue weighted by Crippen LogP contribution is -2.26. The molecular weight excluding hydrogens is 301 g/mol. The van der Waals surface area contributed by atoms with Crippen LogP contribution in [0.25, 0.3) is 0 Å². The number of benzene rings is 1. The lowest BCUT2D eigenvalue weighted by atomic mass is 9.89. The summed E-state index contributed by atoms with van der Waals surface area (Å²) < 4.78 is 0. The molecule has 0 spiro atoms. The van der Waals surface area contributed by atoms with Crippen LogP contribution < -0.4 is 5.32 Å². The molecule has 2 fully saturated rings. The van der Waals surface area contributed by atoms with Gasteiger partial charge >= 0.3 is 0 Å². The molecule has 0 saturated heterocycles. The Hall–Kier alpha value is 0.0500. The summed E-state index contributed by atoms with van der Waals surface area (Å²) in [6, 6.07) is 3.55. The molecule has 2 bridgehead atoms. The van der Waals surface area contributed by atoms with Gasteiger partial charge in [0.05, 0.1) is 10.0 Å². The summed E-state index contributed by atoms with van der Waals surface area (Å²) >= 11 is 18.4. The molecule has 0 radical (unpaired) electrons. The summed E-state index contributed by atoms with van der Waals surface area (Å²) in [4.78, 5) is 0. The van der Waals surface area contributed by atoms with E-state index in [9.17, 15) is 0 Å². The summed E-state index contributed by atoms with van der Waals surface area (Å²) in [5, 5.41) is 5.35. The van der Waals surface area contributed by atoms with Crippen molar-refractivity contribution in [3.05, 3.63) is 32.8 Å². The van der Waals surface area contributed by atoms with Gasteiger partial charge in [0, 0.05) is 17.1 Å². The molecule has 0 aliphatic heterocycles. The highest BCUT2D eigenvalue weighted by atomic mass is 35.5. The zero-order valence-corrected chi connectivity index (χ0v) is 13.0. The van der Waals surface area contributed by atoms with Crippen LogP contribution in [0.5, 0.6) is 0 Å². The van der Waals surface area contributed by atoms with Crippen LogP contribution in [0.15, 0.2) is 12.1 Å². The summed E-state index contributed by atoms with van der Waals surface area (Å²) in [5.74, 6) is 2.79. The average Bonchev–Trinajstić information content (AvgIpc) is 3.00. The molecule has 0 amide bonds. The molecule has 2 saturated carbocycles. The highest BCUT2D eigenvalue weighted by molar-refractivity contribution is 6.44. The van der Waals surface area contributed by atoms with Crippen molar-refractivity contribution in [3.63, 3.8) is 0 Å². The SMILES string of the molecule is Clc1ccc(Cl)c(CNCC2CC3CCC2C3)c1Cl. The summed E-state index contributed by atoms with van der Waals surface area (Å²) in [7, 11) is 0. The van der Waals surface area contributed by atoms with E-state index in [-0.39, 0.29) is 0 Å². The number of hydrogen-bond acceptors (Lipinski definition) is 1. The molecule has 4 heteroatoms. The van der Waals surface area contributed by atoms with E-state index in [4.69, 9.17) is 34.8 Å². The van der Waals surface area contributed by atoms with Gasteiger partial charge in [-0.25, -0.2) is 0 Å². The van der Waals surface area contributed by atoms with Crippen LogP contribution in [0.4, 0.5) is 0 Å². The monoisotopic (exact) mass is 317 g/mol. The maximum absolute atomic E-state index is 6.20. The first-order valence-corrected chi connectivity index (χ1v) is 8.11. The van der Waals surface area contributed by atoms with Crippen molar-refractivity contribution in [2.24, 2.45) is 17.8 Å². The molecule has 104 valence electrons. The highest BCUT2D eigenvalue weighted by Crippen LogP contribution is 2.48. The first kappa shape index (κ1) is 14.0. The second-order valence-corrected chi connectivity index (χ2v) is 7.08. The Kier molecular flexibility index (Phi) is 4.28. The van der Waals surface area contributed by atoms with Crippen LogP contribution in [0.1, 0.15) is 31.2 Å². The molecule has 0 aromatic heterocycles. The normalized spacial score (nSPS) is 29.1. The van der Waals surface area contributed by atoms with Gasteiger partial charge in [0.2, 0.25) is 0 Å². The van der Waals surface area contributed by atoms with Gasteiger partial charge in [0.1, 0.15) is 0 Å². The Morgan fingerprint density at radius 2 is 1.84 bits per heavy atom.